The second-order valence-electron chi connectivity index (χ2n) is 4.39. The highest BCUT2D eigenvalue weighted by Gasteiger charge is 2.09. The summed E-state index contributed by atoms with van der Waals surface area (Å²) in [6, 6.07) is 7.85. The van der Waals surface area contributed by atoms with E-state index in [2.05, 4.69) is 10.2 Å². The van der Waals surface area contributed by atoms with Crippen molar-refractivity contribution >= 4 is 5.69 Å². The maximum Gasteiger partial charge on any atom is 0.219 e. The molecular weight excluding hydrogens is 214 g/mol. The van der Waals surface area contributed by atoms with E-state index in [1.54, 1.807) is 0 Å². The molecular formula is C13H17N3O. The first-order chi connectivity index (χ1) is 8.16. The van der Waals surface area contributed by atoms with Crippen molar-refractivity contribution in [2.75, 3.05) is 5.73 Å². The number of aryl methyl sites for hydroxylation is 2. The number of nitrogens with zero attached hydrogens (tertiary/aromatic N) is 2. The van der Waals surface area contributed by atoms with Gasteiger partial charge in [0.05, 0.1) is 0 Å². The van der Waals surface area contributed by atoms with Gasteiger partial charge in [-0.15, -0.1) is 10.2 Å². The van der Waals surface area contributed by atoms with Gasteiger partial charge >= 0.3 is 0 Å². The molecule has 0 fully saturated rings. The highest BCUT2D eigenvalue weighted by atomic mass is 16.4. The summed E-state index contributed by atoms with van der Waals surface area (Å²) in [5.74, 6) is 1.65. The zero-order valence-corrected chi connectivity index (χ0v) is 10.2. The van der Waals surface area contributed by atoms with Gasteiger partial charge in [0.25, 0.3) is 0 Å². The van der Waals surface area contributed by atoms with E-state index in [-0.39, 0.29) is 5.92 Å². The summed E-state index contributed by atoms with van der Waals surface area (Å²) in [5, 5.41) is 8.03. The Kier molecular flexibility index (Phi) is 3.42. The van der Waals surface area contributed by atoms with E-state index in [1.807, 2.05) is 38.1 Å². The largest absolute Gasteiger partial charge is 0.425 e. The molecule has 4 heteroatoms. The van der Waals surface area contributed by atoms with Gasteiger partial charge in [0, 0.05) is 18.0 Å². The van der Waals surface area contributed by atoms with Gasteiger partial charge in [-0.2, -0.15) is 0 Å². The van der Waals surface area contributed by atoms with E-state index in [9.17, 15) is 0 Å². The maximum atomic E-state index is 5.87. The first-order valence-electron chi connectivity index (χ1n) is 5.82. The summed E-state index contributed by atoms with van der Waals surface area (Å²) < 4.78 is 5.54. The van der Waals surface area contributed by atoms with Gasteiger partial charge in [-0.05, 0) is 18.1 Å². The van der Waals surface area contributed by atoms with Crippen LogP contribution in [0.5, 0.6) is 0 Å². The average Bonchev–Trinajstić information content (AvgIpc) is 2.77. The van der Waals surface area contributed by atoms with Crippen molar-refractivity contribution < 1.29 is 4.42 Å². The molecule has 1 heterocycles. The molecule has 0 aliphatic rings. The summed E-state index contributed by atoms with van der Waals surface area (Å²) >= 11 is 0. The smallest absolute Gasteiger partial charge is 0.219 e. The Hall–Kier alpha value is -1.84. The molecule has 0 saturated heterocycles. The first-order valence-corrected chi connectivity index (χ1v) is 5.82. The van der Waals surface area contributed by atoms with Crippen LogP contribution >= 0.6 is 0 Å². The summed E-state index contributed by atoms with van der Waals surface area (Å²) in [7, 11) is 0. The fraction of sp³-hybridized carbons (Fsp3) is 0.385. The van der Waals surface area contributed by atoms with Crippen molar-refractivity contribution in [2.45, 2.75) is 32.6 Å². The minimum absolute atomic E-state index is 0.276. The van der Waals surface area contributed by atoms with Crippen LogP contribution in [0.15, 0.2) is 28.7 Å². The quantitative estimate of drug-likeness (QED) is 0.821. The molecule has 90 valence electrons. The SMILES string of the molecule is CC(C)c1nnc(CCc2ccccc2N)o1. The molecule has 2 N–H and O–H groups in total. The van der Waals surface area contributed by atoms with Crippen LogP contribution in [0.4, 0.5) is 5.69 Å². The molecule has 0 bridgehead atoms. The molecule has 4 nitrogen and oxygen atoms in total. The molecule has 0 atom stereocenters. The Morgan fingerprint density at radius 3 is 2.59 bits per heavy atom. The lowest BCUT2D eigenvalue weighted by Gasteiger charge is -2.02. The molecule has 1 aromatic heterocycles. The van der Waals surface area contributed by atoms with Crippen LogP contribution in [0.2, 0.25) is 0 Å². The van der Waals surface area contributed by atoms with Crippen LogP contribution in [0, 0.1) is 0 Å². The fourth-order valence-corrected chi connectivity index (χ4v) is 1.60. The van der Waals surface area contributed by atoms with Crippen LogP contribution in [0.3, 0.4) is 0 Å². The van der Waals surface area contributed by atoms with Crippen molar-refractivity contribution in [3.63, 3.8) is 0 Å². The van der Waals surface area contributed by atoms with Gasteiger partial charge in [-0.25, -0.2) is 0 Å². The summed E-state index contributed by atoms with van der Waals surface area (Å²) in [5.41, 5.74) is 7.81. The molecule has 0 aliphatic carbocycles. The highest BCUT2D eigenvalue weighted by molar-refractivity contribution is 5.46. The Labute approximate surface area is 101 Å². The molecule has 1 aromatic carbocycles. The third-order valence-corrected chi connectivity index (χ3v) is 2.64. The minimum Gasteiger partial charge on any atom is -0.425 e. The van der Waals surface area contributed by atoms with Crippen LogP contribution in [0.1, 0.15) is 37.1 Å². The van der Waals surface area contributed by atoms with Gasteiger partial charge in [0.1, 0.15) is 0 Å². The van der Waals surface area contributed by atoms with Crippen molar-refractivity contribution in [3.05, 3.63) is 41.6 Å². The van der Waals surface area contributed by atoms with Gasteiger partial charge in [-0.1, -0.05) is 32.0 Å². The van der Waals surface area contributed by atoms with Crippen molar-refractivity contribution in [2.24, 2.45) is 0 Å². The summed E-state index contributed by atoms with van der Waals surface area (Å²) in [6.07, 6.45) is 1.56. The lowest BCUT2D eigenvalue weighted by atomic mass is 10.1. The monoisotopic (exact) mass is 231 g/mol. The summed E-state index contributed by atoms with van der Waals surface area (Å²) in [4.78, 5) is 0. The molecule has 0 spiro atoms. The third-order valence-electron chi connectivity index (χ3n) is 2.64. The van der Waals surface area contributed by atoms with Gasteiger partial charge in [-0.3, -0.25) is 0 Å². The minimum atomic E-state index is 0.276. The van der Waals surface area contributed by atoms with Crippen LogP contribution in [-0.4, -0.2) is 10.2 Å². The Balaban J connectivity index is 2.00. The van der Waals surface area contributed by atoms with Crippen LogP contribution < -0.4 is 5.73 Å². The predicted octanol–water partition coefficient (Wildman–Crippen LogP) is 2.56. The number of nitrogens with two attached hydrogens (primary N) is 1. The van der Waals surface area contributed by atoms with E-state index >= 15 is 0 Å². The fourth-order valence-electron chi connectivity index (χ4n) is 1.60. The molecule has 0 amide bonds. The number of hydrogen-bond acceptors (Lipinski definition) is 4. The lowest BCUT2D eigenvalue weighted by Crippen LogP contribution is -1.96. The average molecular weight is 231 g/mol. The zero-order chi connectivity index (χ0) is 12.3. The number of benzene rings is 1. The topological polar surface area (TPSA) is 64.9 Å². The van der Waals surface area contributed by atoms with Crippen LogP contribution in [0.25, 0.3) is 0 Å². The van der Waals surface area contributed by atoms with Crippen molar-refractivity contribution in [1.29, 1.82) is 0 Å². The maximum absolute atomic E-state index is 5.87. The molecule has 0 radical (unpaired) electrons. The molecule has 2 aromatic rings. The van der Waals surface area contributed by atoms with E-state index in [0.717, 1.165) is 24.1 Å². The number of rotatable bonds is 4. The van der Waals surface area contributed by atoms with E-state index in [1.165, 1.54) is 0 Å². The van der Waals surface area contributed by atoms with Gasteiger partial charge in [0.15, 0.2) is 0 Å². The first kappa shape index (κ1) is 11.6. The van der Waals surface area contributed by atoms with Crippen molar-refractivity contribution in [1.82, 2.24) is 10.2 Å². The van der Waals surface area contributed by atoms with Gasteiger partial charge < -0.3 is 10.2 Å². The van der Waals surface area contributed by atoms with E-state index < -0.39 is 0 Å². The molecule has 17 heavy (non-hydrogen) atoms. The number of aromatic nitrogens is 2. The third kappa shape index (κ3) is 2.84. The Bertz CT molecular complexity index is 491. The molecule has 0 saturated carbocycles. The number of para-hydroxylation sites is 1. The number of hydrogen-bond donors (Lipinski definition) is 1. The second-order valence-corrected chi connectivity index (χ2v) is 4.39. The Morgan fingerprint density at radius 1 is 1.18 bits per heavy atom. The van der Waals surface area contributed by atoms with E-state index in [0.29, 0.717) is 11.8 Å². The molecule has 0 aliphatic heterocycles. The lowest BCUT2D eigenvalue weighted by molar-refractivity contribution is 0.431. The second kappa shape index (κ2) is 4.99. The van der Waals surface area contributed by atoms with Gasteiger partial charge in [0.2, 0.25) is 11.8 Å². The highest BCUT2D eigenvalue weighted by Crippen LogP contribution is 2.16. The number of anilines is 1. The normalized spacial score (nSPS) is 11.0. The molecule has 2 rings (SSSR count). The summed E-state index contributed by atoms with van der Waals surface area (Å²) in [6.45, 7) is 4.07. The predicted molar refractivity (Wildman–Crippen MR) is 66.6 cm³/mol. The standard InChI is InChI=1S/C13H17N3O/c1-9(2)13-16-15-12(17-13)8-7-10-5-3-4-6-11(10)14/h3-6,9H,7-8,14H2,1-2H3. The molecule has 0 unspecified atom stereocenters. The zero-order valence-electron chi connectivity index (χ0n) is 10.2. The van der Waals surface area contributed by atoms with Crippen LogP contribution in [-0.2, 0) is 12.8 Å². The van der Waals surface area contributed by atoms with E-state index in [4.69, 9.17) is 10.2 Å². The van der Waals surface area contributed by atoms with Crippen molar-refractivity contribution in [3.8, 4) is 0 Å². The number of nitrogen functional groups attached to an aromatic ring is 1. The Morgan fingerprint density at radius 2 is 1.94 bits per heavy atom.